The molecule has 1 aliphatic heterocycles. The summed E-state index contributed by atoms with van der Waals surface area (Å²) in [6.07, 6.45) is 4.39. The van der Waals surface area contributed by atoms with Gasteiger partial charge in [-0.3, -0.25) is 4.79 Å². The van der Waals surface area contributed by atoms with Crippen molar-refractivity contribution in [1.29, 1.82) is 0 Å². The van der Waals surface area contributed by atoms with Gasteiger partial charge in [0.2, 0.25) is 0 Å². The molecule has 2 aromatic heterocycles. The number of rotatable bonds is 4. The molecule has 110 valence electrons. The van der Waals surface area contributed by atoms with Gasteiger partial charge in [0, 0.05) is 37.9 Å². The van der Waals surface area contributed by atoms with Gasteiger partial charge in [0.15, 0.2) is 10.8 Å². The third kappa shape index (κ3) is 3.23. The van der Waals surface area contributed by atoms with Gasteiger partial charge >= 0.3 is 0 Å². The maximum absolute atomic E-state index is 12.1. The molecule has 3 heterocycles. The van der Waals surface area contributed by atoms with Crippen molar-refractivity contribution < 1.29 is 9.90 Å². The largest absolute Gasteiger partial charge is 0.391 e. The lowest BCUT2D eigenvalue weighted by Crippen LogP contribution is -2.34. The van der Waals surface area contributed by atoms with E-state index in [0.717, 1.165) is 0 Å². The van der Waals surface area contributed by atoms with Crippen LogP contribution in [0.3, 0.4) is 0 Å². The van der Waals surface area contributed by atoms with Crippen LogP contribution in [-0.2, 0) is 0 Å². The fourth-order valence-electron chi connectivity index (χ4n) is 2.13. The van der Waals surface area contributed by atoms with E-state index in [2.05, 4.69) is 25.6 Å². The SMILES string of the molecule is O=C(NCC1CNCC1O)c1cnc(-c2ncccn2)s1. The van der Waals surface area contributed by atoms with E-state index >= 15 is 0 Å². The number of hydrogen-bond acceptors (Lipinski definition) is 7. The fourth-order valence-corrected chi connectivity index (χ4v) is 2.91. The molecule has 2 atom stereocenters. The summed E-state index contributed by atoms with van der Waals surface area (Å²) in [5.41, 5.74) is 0. The number of nitrogens with one attached hydrogen (secondary N) is 2. The molecule has 0 aliphatic carbocycles. The van der Waals surface area contributed by atoms with Crippen LogP contribution in [0.2, 0.25) is 0 Å². The lowest BCUT2D eigenvalue weighted by Gasteiger charge is -2.13. The van der Waals surface area contributed by atoms with E-state index in [1.54, 1.807) is 18.5 Å². The van der Waals surface area contributed by atoms with Gasteiger partial charge in [0.05, 0.1) is 12.3 Å². The monoisotopic (exact) mass is 305 g/mol. The molecule has 21 heavy (non-hydrogen) atoms. The number of aliphatic hydroxyl groups is 1. The number of thiazole rings is 1. The molecule has 0 saturated carbocycles. The second-order valence-electron chi connectivity index (χ2n) is 4.80. The molecule has 7 nitrogen and oxygen atoms in total. The Balaban J connectivity index is 1.62. The first-order valence-electron chi connectivity index (χ1n) is 6.64. The Labute approximate surface area is 125 Å². The summed E-state index contributed by atoms with van der Waals surface area (Å²) in [6, 6.07) is 1.73. The lowest BCUT2D eigenvalue weighted by molar-refractivity contribution is 0.0931. The number of aliphatic hydroxyl groups excluding tert-OH is 1. The molecule has 0 aromatic carbocycles. The summed E-state index contributed by atoms with van der Waals surface area (Å²) in [5, 5.41) is 16.2. The van der Waals surface area contributed by atoms with Gasteiger partial charge < -0.3 is 15.7 Å². The number of amides is 1. The van der Waals surface area contributed by atoms with Gasteiger partial charge in [-0.25, -0.2) is 15.0 Å². The normalized spacial score (nSPS) is 21.4. The molecule has 1 amide bonds. The molecule has 1 fully saturated rings. The summed E-state index contributed by atoms with van der Waals surface area (Å²) in [4.78, 5) is 25.0. The van der Waals surface area contributed by atoms with E-state index in [-0.39, 0.29) is 11.8 Å². The molecule has 0 radical (unpaired) electrons. The van der Waals surface area contributed by atoms with Crippen LogP contribution in [-0.4, -0.2) is 51.7 Å². The third-order valence-electron chi connectivity index (χ3n) is 3.32. The first kappa shape index (κ1) is 14.1. The summed E-state index contributed by atoms with van der Waals surface area (Å²) in [5.74, 6) is 0.379. The van der Waals surface area contributed by atoms with E-state index in [9.17, 15) is 9.90 Å². The highest BCUT2D eigenvalue weighted by molar-refractivity contribution is 7.16. The molecular formula is C13H15N5O2S. The van der Waals surface area contributed by atoms with Gasteiger partial charge in [-0.05, 0) is 6.07 Å². The van der Waals surface area contributed by atoms with Gasteiger partial charge in [-0.15, -0.1) is 11.3 Å². The molecule has 1 aliphatic rings. The van der Waals surface area contributed by atoms with E-state index < -0.39 is 6.10 Å². The van der Waals surface area contributed by atoms with Crippen LogP contribution in [0.1, 0.15) is 9.67 Å². The number of β-amino-alcohol motifs (C(OH)–C–C–N with tert-alkyl or cyclic N) is 1. The number of carbonyl (C=O) groups excluding carboxylic acids is 1. The zero-order chi connectivity index (χ0) is 14.7. The quantitative estimate of drug-likeness (QED) is 0.730. The second kappa shape index (κ2) is 6.25. The zero-order valence-corrected chi connectivity index (χ0v) is 12.0. The lowest BCUT2D eigenvalue weighted by atomic mass is 10.1. The average Bonchev–Trinajstić information content (AvgIpc) is 3.15. The van der Waals surface area contributed by atoms with Crippen molar-refractivity contribution >= 4 is 17.2 Å². The van der Waals surface area contributed by atoms with Crippen LogP contribution in [0.15, 0.2) is 24.7 Å². The van der Waals surface area contributed by atoms with Gasteiger partial charge in [0.25, 0.3) is 5.91 Å². The molecule has 2 aromatic rings. The predicted molar refractivity (Wildman–Crippen MR) is 77.8 cm³/mol. The minimum absolute atomic E-state index is 0.0544. The first-order chi connectivity index (χ1) is 10.2. The van der Waals surface area contributed by atoms with Crippen molar-refractivity contribution in [3.05, 3.63) is 29.5 Å². The minimum atomic E-state index is -0.403. The highest BCUT2D eigenvalue weighted by atomic mass is 32.1. The van der Waals surface area contributed by atoms with Crippen molar-refractivity contribution in [1.82, 2.24) is 25.6 Å². The van der Waals surface area contributed by atoms with Crippen LogP contribution in [0.25, 0.3) is 10.8 Å². The Kier molecular flexibility index (Phi) is 4.18. The van der Waals surface area contributed by atoms with E-state index in [1.165, 1.54) is 17.5 Å². The Bertz CT molecular complexity index is 618. The molecule has 8 heteroatoms. The molecule has 2 unspecified atom stereocenters. The molecule has 3 N–H and O–H groups in total. The van der Waals surface area contributed by atoms with Crippen molar-refractivity contribution in [3.63, 3.8) is 0 Å². The topological polar surface area (TPSA) is 100 Å². The molecule has 3 rings (SSSR count). The highest BCUT2D eigenvalue weighted by Gasteiger charge is 2.25. The van der Waals surface area contributed by atoms with Gasteiger partial charge in [0.1, 0.15) is 4.88 Å². The maximum Gasteiger partial charge on any atom is 0.263 e. The minimum Gasteiger partial charge on any atom is -0.391 e. The first-order valence-corrected chi connectivity index (χ1v) is 7.46. The van der Waals surface area contributed by atoms with Crippen molar-refractivity contribution in [2.24, 2.45) is 5.92 Å². The van der Waals surface area contributed by atoms with Crippen LogP contribution >= 0.6 is 11.3 Å². The predicted octanol–water partition coefficient (Wildman–Crippen LogP) is -0.0898. The Morgan fingerprint density at radius 2 is 2.19 bits per heavy atom. The van der Waals surface area contributed by atoms with Crippen LogP contribution in [0, 0.1) is 5.92 Å². The van der Waals surface area contributed by atoms with Crippen LogP contribution < -0.4 is 10.6 Å². The molecule has 1 saturated heterocycles. The van der Waals surface area contributed by atoms with Crippen LogP contribution in [0.4, 0.5) is 0 Å². The summed E-state index contributed by atoms with van der Waals surface area (Å²) in [6.45, 7) is 1.74. The Hall–Kier alpha value is -1.90. The smallest absolute Gasteiger partial charge is 0.263 e. The van der Waals surface area contributed by atoms with E-state index in [0.29, 0.717) is 35.3 Å². The van der Waals surface area contributed by atoms with Gasteiger partial charge in [-0.1, -0.05) is 0 Å². The summed E-state index contributed by atoms with van der Waals surface area (Å²) < 4.78 is 0. The number of nitrogens with zero attached hydrogens (tertiary/aromatic N) is 3. The Morgan fingerprint density at radius 1 is 1.38 bits per heavy atom. The molecule has 0 bridgehead atoms. The summed E-state index contributed by atoms with van der Waals surface area (Å²) in [7, 11) is 0. The third-order valence-corrected chi connectivity index (χ3v) is 4.31. The zero-order valence-electron chi connectivity index (χ0n) is 11.2. The Morgan fingerprint density at radius 3 is 2.90 bits per heavy atom. The van der Waals surface area contributed by atoms with Crippen molar-refractivity contribution in [2.45, 2.75) is 6.10 Å². The van der Waals surface area contributed by atoms with E-state index in [4.69, 9.17) is 0 Å². The number of hydrogen-bond donors (Lipinski definition) is 3. The maximum atomic E-state index is 12.1. The van der Waals surface area contributed by atoms with Crippen molar-refractivity contribution in [3.8, 4) is 10.8 Å². The average molecular weight is 305 g/mol. The second-order valence-corrected chi connectivity index (χ2v) is 5.83. The molecule has 0 spiro atoms. The highest BCUT2D eigenvalue weighted by Crippen LogP contribution is 2.21. The van der Waals surface area contributed by atoms with Crippen molar-refractivity contribution in [2.75, 3.05) is 19.6 Å². The fraction of sp³-hybridized carbons (Fsp3) is 0.385. The summed E-state index contributed by atoms with van der Waals surface area (Å²) >= 11 is 1.25. The van der Waals surface area contributed by atoms with Gasteiger partial charge in [-0.2, -0.15) is 0 Å². The number of aromatic nitrogens is 3. The molecular weight excluding hydrogens is 290 g/mol. The van der Waals surface area contributed by atoms with E-state index in [1.807, 2.05) is 0 Å². The van der Waals surface area contributed by atoms with Crippen LogP contribution in [0.5, 0.6) is 0 Å². The number of carbonyl (C=O) groups is 1. The standard InChI is InChI=1S/C13H15N5O2S/c19-9-6-14-4-8(9)5-17-12(20)10-7-18-13(21-10)11-15-2-1-3-16-11/h1-3,7-9,14,19H,4-6H2,(H,17,20).